The second-order valence-corrected chi connectivity index (χ2v) is 38.8. The van der Waals surface area contributed by atoms with Crippen molar-refractivity contribution < 1.29 is 101 Å². The molecule has 12 aromatic rings. The Morgan fingerprint density at radius 3 is 1.13 bits per heavy atom. The normalized spacial score (nSPS) is 21.7. The number of amides is 12. The number of hydrogen-bond donors (Lipinski definition) is 4. The monoisotopic (exact) mass is 2190 g/mol. The fourth-order valence-electron chi connectivity index (χ4n) is 19.7. The van der Waals surface area contributed by atoms with E-state index < -0.39 is 69.5 Å². The van der Waals surface area contributed by atoms with Crippen molar-refractivity contribution in [3.63, 3.8) is 0 Å². The summed E-state index contributed by atoms with van der Waals surface area (Å²) in [5.74, 6) is -0.140. The van der Waals surface area contributed by atoms with Crippen LogP contribution >= 0.6 is 69.6 Å². The summed E-state index contributed by atoms with van der Waals surface area (Å²) in [6, 6.07) is 73.7. The van der Waals surface area contributed by atoms with Crippen molar-refractivity contribution in [2.24, 2.45) is 0 Å². The van der Waals surface area contributed by atoms with E-state index in [0.29, 0.717) is 161 Å². The van der Waals surface area contributed by atoms with Gasteiger partial charge < -0.3 is 30.1 Å². The maximum atomic E-state index is 14.4. The first kappa shape index (κ1) is 112. The molecule has 0 saturated carbocycles. The molecule has 4 spiro atoms. The van der Waals surface area contributed by atoms with E-state index in [9.17, 15) is 55.9 Å². The standard InChI is InChI=1S/C31H27Cl2FN4O3.C24H28FN3O3.C21H22FN3O2.C14H16FN3O2.C10H6Cl3NO.C7H7Cl.2H2O.Pd/c1-20-17-31(12-13-36(20)18-21-6-3-2-4-7-21)29(39)37(30(40)38(31)25-9-5-8-23(34)15-25)19-24-16-28(41-35-24)22-10-11-26(32)27(33)14-22;1-16(2)31-21-9-4-6-18(12-21)15-27-11-10-24(14-17(27)3)22(29)26-23(30)28(24)20-8-5-7-19(25)13-20;1-15-13-21(10-11-24(15)14-16-6-3-2-4-7-16)19(26)23-20(27)25(21)18-9-5-8-17(22)12-18;1-9-8-14(5-6-16-9)12(19)17-13(20)18(14)11-4-2-3-10(15)7-11;11-5-7-4-10(15-14-7)6-1-2-8(12)9(13)3-6;8-6-7-4-2-1-3-5-7;;;/h2-11,14-16,20H,12-13,17-19H2,1H3;4-9,12-13,16-17H,10-11,14-15H2,1-3H3,(H,26,29,30);2-9,12,15H,10-11,13-14H2,1H3,(H,23,26,27);2-4,7,9,16H,5-6,8H2,1H3,(H,17,19,20);1-4H,5H2;1-5H,6H2;2*1H2;/t20-,31+;17-,24+;15-,21+;9-,14+;;;;;/m0000...../s1. The largest absolute Gasteiger partial charge is 0.491 e. The molecule has 38 heteroatoms. The van der Waals surface area contributed by atoms with Gasteiger partial charge in [-0.3, -0.25) is 74.3 Å². The van der Waals surface area contributed by atoms with Gasteiger partial charge in [0.15, 0.2) is 11.5 Å². The fourth-order valence-corrected chi connectivity index (χ4v) is 20.6. The Balaban J connectivity index is 0.000000162. The van der Waals surface area contributed by atoms with Crippen LogP contribution in [0.15, 0.2) is 270 Å². The first-order valence-electron chi connectivity index (χ1n) is 46.6. The average molecular weight is 2200 g/mol. The van der Waals surface area contributed by atoms with Crippen LogP contribution < -0.4 is 45.6 Å². The van der Waals surface area contributed by atoms with Gasteiger partial charge in [0.25, 0.3) is 23.6 Å². The number of rotatable bonds is 18. The van der Waals surface area contributed by atoms with Gasteiger partial charge in [0, 0.05) is 136 Å². The van der Waals surface area contributed by atoms with E-state index in [1.54, 1.807) is 91.0 Å². The fraction of sp³-hybridized carbons (Fsp3) is 0.308. The number of nitrogens with one attached hydrogen (secondary N) is 4. The zero-order chi connectivity index (χ0) is 101. The van der Waals surface area contributed by atoms with Crippen LogP contribution in [-0.2, 0) is 77.5 Å². The smallest absolute Gasteiger partial charge is 0.332 e. The number of piperidine rings is 4. The Bertz CT molecular complexity index is 6580. The molecule has 8 aliphatic heterocycles. The number of benzene rings is 10. The Morgan fingerprint density at radius 1 is 0.393 bits per heavy atom. The number of halogens is 10. The number of carbonyl (C=O) groups excluding carboxylic acids is 8. The topological polar surface area (TPSA) is 335 Å². The van der Waals surface area contributed by atoms with Gasteiger partial charge in [-0.2, -0.15) is 0 Å². The van der Waals surface area contributed by atoms with E-state index in [-0.39, 0.29) is 91.8 Å². The molecule has 12 amide bonds. The minimum atomic E-state index is -1.15. The van der Waals surface area contributed by atoms with Gasteiger partial charge >= 0.3 is 24.1 Å². The third-order valence-corrected chi connectivity index (χ3v) is 28.6. The van der Waals surface area contributed by atoms with Crippen LogP contribution in [0.1, 0.15) is 127 Å². The van der Waals surface area contributed by atoms with Gasteiger partial charge in [0.2, 0.25) is 0 Å². The second-order valence-electron chi connectivity index (χ2n) is 36.6. The molecule has 27 nitrogen and oxygen atoms in total. The summed E-state index contributed by atoms with van der Waals surface area (Å²) in [5, 5.41) is 20.2. The number of anilines is 4. The molecule has 10 aromatic carbocycles. The summed E-state index contributed by atoms with van der Waals surface area (Å²) in [5.41, 5.74) is 4.87. The third kappa shape index (κ3) is 25.7. The van der Waals surface area contributed by atoms with Crippen LogP contribution in [0.25, 0.3) is 22.6 Å². The molecule has 20 rings (SSSR count). The maximum Gasteiger partial charge on any atom is 0.332 e. The molecule has 2 aromatic heterocycles. The summed E-state index contributed by atoms with van der Waals surface area (Å²) < 4.78 is 71.7. The molecule has 145 heavy (non-hydrogen) atoms. The van der Waals surface area contributed by atoms with E-state index in [0.717, 1.165) is 36.5 Å². The van der Waals surface area contributed by atoms with Gasteiger partial charge in [-0.15, -0.1) is 23.2 Å². The van der Waals surface area contributed by atoms with E-state index in [1.165, 1.54) is 89.7 Å². The van der Waals surface area contributed by atoms with Crippen LogP contribution in [0.3, 0.4) is 0 Å². The van der Waals surface area contributed by atoms with Crippen LogP contribution in [0, 0.1) is 23.3 Å². The van der Waals surface area contributed by atoms with Crippen molar-refractivity contribution in [2.75, 3.05) is 45.8 Å². The summed E-state index contributed by atoms with van der Waals surface area (Å²) in [4.78, 5) is 117. The molecule has 0 unspecified atom stereocenters. The van der Waals surface area contributed by atoms with Crippen molar-refractivity contribution in [1.82, 2.24) is 51.2 Å². The van der Waals surface area contributed by atoms with Crippen molar-refractivity contribution >= 4 is 140 Å². The molecule has 10 heterocycles. The van der Waals surface area contributed by atoms with Crippen LogP contribution in [-0.4, -0.2) is 167 Å². The molecule has 8 atom stereocenters. The van der Waals surface area contributed by atoms with E-state index in [2.05, 4.69) is 97.4 Å². The molecule has 8 fully saturated rings. The molecule has 8 aliphatic rings. The van der Waals surface area contributed by atoms with Gasteiger partial charge in [0.05, 0.1) is 44.3 Å². The predicted octanol–water partition coefficient (Wildman–Crippen LogP) is 21.1. The molecule has 8 N–H and O–H groups in total. The molecule has 0 bridgehead atoms. The molecule has 0 aliphatic carbocycles. The van der Waals surface area contributed by atoms with Crippen molar-refractivity contribution in [1.29, 1.82) is 0 Å². The minimum Gasteiger partial charge on any atom is -0.491 e. The number of hydrogen-bond acceptors (Lipinski definition) is 17. The third-order valence-electron chi connectivity index (χ3n) is 26.6. The number of ether oxygens (including phenoxy) is 1. The number of nitrogens with zero attached hydrogens (tertiary/aromatic N) is 10. The second kappa shape index (κ2) is 49.5. The van der Waals surface area contributed by atoms with Gasteiger partial charge in [0.1, 0.15) is 56.9 Å². The number of alkyl halides is 2. The van der Waals surface area contributed by atoms with Gasteiger partial charge in [-0.1, -0.05) is 184 Å². The van der Waals surface area contributed by atoms with E-state index in [1.807, 2.05) is 112 Å². The van der Waals surface area contributed by atoms with E-state index in [4.69, 9.17) is 83.4 Å². The van der Waals surface area contributed by atoms with Crippen LogP contribution in [0.2, 0.25) is 20.1 Å². The van der Waals surface area contributed by atoms with Crippen LogP contribution in [0.5, 0.6) is 5.75 Å². The van der Waals surface area contributed by atoms with Crippen molar-refractivity contribution in [2.45, 2.75) is 183 Å². The van der Waals surface area contributed by atoms with Crippen molar-refractivity contribution in [3.8, 4) is 28.4 Å². The summed E-state index contributed by atoms with van der Waals surface area (Å²) in [6.07, 6.45) is 3.94. The summed E-state index contributed by atoms with van der Waals surface area (Å²) in [7, 11) is 0. The molecule has 766 valence electrons. The first-order chi connectivity index (χ1) is 68.2. The molecule has 8 saturated heterocycles. The van der Waals surface area contributed by atoms with E-state index >= 15 is 0 Å². The minimum absolute atomic E-state index is 0. The maximum absolute atomic E-state index is 14.4. The molecule has 0 radical (unpaired) electrons. The zero-order valence-corrected chi connectivity index (χ0v) is 86.1. The molecular formula is C107H110Cl6F4N14O13Pd. The Kier molecular flexibility index (Phi) is 38.2. The van der Waals surface area contributed by atoms with Gasteiger partial charge in [-0.25, -0.2) is 36.7 Å². The number of likely N-dealkylation sites (tertiary alicyclic amines) is 3. The van der Waals surface area contributed by atoms with Gasteiger partial charge in [-0.05, 0) is 243 Å². The Hall–Kier alpha value is -11.9. The molecular weight excluding hydrogens is 2080 g/mol. The summed E-state index contributed by atoms with van der Waals surface area (Å²) in [6.45, 7) is 16.9. The Morgan fingerprint density at radius 2 is 0.759 bits per heavy atom. The predicted molar refractivity (Wildman–Crippen MR) is 549 cm³/mol. The Labute approximate surface area is 881 Å². The van der Waals surface area contributed by atoms with Crippen LogP contribution in [0.4, 0.5) is 59.5 Å². The number of aromatic nitrogens is 2. The van der Waals surface area contributed by atoms with Crippen molar-refractivity contribution in [3.05, 3.63) is 338 Å². The first-order valence-corrected chi connectivity index (χ1v) is 49.2. The number of carbonyl (C=O) groups is 8. The SMILES string of the molecule is CC(C)Oc1cccc(CN2CC[C@@]3(C[C@@H]2C)C(=O)NC(=O)N3c2cccc(F)c2)c1.C[C@H]1C[C@]2(CCN1)C(=O)NC(=O)N2c1cccc(F)c1.C[C@H]1C[C@]2(CCN1Cc1ccccc1)C(=O)N(Cc1cc(-c3ccc(Cl)c(Cl)c3)on1)C(=O)N2c1cccc(F)c1.C[C@H]1C[C@]2(CCN1Cc1ccccc1)C(=O)NC(=O)N2c1cccc(F)c1.ClCc1cc(-c2ccc(Cl)c(Cl)c2)on1.ClCc1ccccc1.O.O.[Pd]. The average Bonchev–Trinajstić information content (AvgIpc) is 1.57. The number of urea groups is 4. The summed E-state index contributed by atoms with van der Waals surface area (Å²) >= 11 is 35.0. The zero-order valence-electron chi connectivity index (χ0n) is 80.0. The quantitative estimate of drug-likeness (QED) is 0.0268. The number of imide groups is 4.